The molecule has 0 spiro atoms. The van der Waals surface area contributed by atoms with Crippen LogP contribution in [-0.2, 0) is 13.0 Å². The smallest absolute Gasteiger partial charge is 0.191 e. The maximum Gasteiger partial charge on any atom is 0.191 e. The Hall–Kier alpha value is -3.61. The molecule has 2 aromatic heterocycles. The van der Waals surface area contributed by atoms with Gasteiger partial charge in [0.15, 0.2) is 5.96 Å². The zero-order valence-electron chi connectivity index (χ0n) is 16.2. The van der Waals surface area contributed by atoms with Gasteiger partial charge in [-0.2, -0.15) is 5.10 Å². The Morgan fingerprint density at radius 3 is 2.79 bits per heavy atom. The van der Waals surface area contributed by atoms with Crippen LogP contribution in [0, 0.1) is 5.82 Å². The maximum atomic E-state index is 13.3. The number of nitrogens with one attached hydrogen (secondary N) is 3. The number of benzene rings is 2. The molecule has 7 heteroatoms. The summed E-state index contributed by atoms with van der Waals surface area (Å²) in [6.45, 7) is 1.40. The minimum Gasteiger partial charge on any atom is -0.361 e. The summed E-state index contributed by atoms with van der Waals surface area (Å²) in [5.74, 6) is 0.512. The molecule has 4 rings (SSSR count). The normalized spacial score (nSPS) is 11.7. The van der Waals surface area contributed by atoms with Crippen molar-refractivity contribution >= 4 is 16.9 Å². The van der Waals surface area contributed by atoms with Crippen molar-refractivity contribution in [3.63, 3.8) is 0 Å². The highest BCUT2D eigenvalue weighted by Crippen LogP contribution is 2.19. The van der Waals surface area contributed by atoms with Gasteiger partial charge in [-0.1, -0.05) is 12.1 Å². The second-order valence-electron chi connectivity index (χ2n) is 6.72. The number of fused-ring (bicyclic) bond motifs is 1. The molecule has 2 heterocycles. The van der Waals surface area contributed by atoms with Crippen LogP contribution >= 0.6 is 0 Å². The van der Waals surface area contributed by atoms with Crippen molar-refractivity contribution in [2.24, 2.45) is 4.99 Å². The summed E-state index contributed by atoms with van der Waals surface area (Å²) in [5.41, 5.74) is 4.15. The third-order valence-electron chi connectivity index (χ3n) is 4.81. The molecule has 0 saturated heterocycles. The molecule has 0 saturated carbocycles. The Kier molecular flexibility index (Phi) is 5.56. The topological polar surface area (TPSA) is 70.0 Å². The fraction of sp³-hybridized carbons (Fsp3) is 0.182. The van der Waals surface area contributed by atoms with E-state index in [1.807, 2.05) is 41.3 Å². The van der Waals surface area contributed by atoms with E-state index in [9.17, 15) is 4.39 Å². The van der Waals surface area contributed by atoms with Crippen molar-refractivity contribution in [1.82, 2.24) is 25.4 Å². The van der Waals surface area contributed by atoms with E-state index in [2.05, 4.69) is 37.8 Å². The van der Waals surface area contributed by atoms with Gasteiger partial charge >= 0.3 is 0 Å². The lowest BCUT2D eigenvalue weighted by Crippen LogP contribution is -2.37. The van der Waals surface area contributed by atoms with Crippen molar-refractivity contribution in [1.29, 1.82) is 0 Å². The van der Waals surface area contributed by atoms with Crippen LogP contribution in [0.5, 0.6) is 0 Å². The summed E-state index contributed by atoms with van der Waals surface area (Å²) in [4.78, 5) is 7.40. The molecule has 2 aromatic carbocycles. The van der Waals surface area contributed by atoms with Crippen LogP contribution in [0.3, 0.4) is 0 Å². The van der Waals surface area contributed by atoms with Crippen molar-refractivity contribution < 1.29 is 4.39 Å². The number of nitrogens with zero attached hydrogens (tertiary/aromatic N) is 3. The lowest BCUT2D eigenvalue weighted by molar-refractivity contribution is 0.629. The Morgan fingerprint density at radius 2 is 2.03 bits per heavy atom. The largest absolute Gasteiger partial charge is 0.361 e. The summed E-state index contributed by atoms with van der Waals surface area (Å²) in [6, 6.07) is 15.0. The lowest BCUT2D eigenvalue weighted by Gasteiger charge is -2.12. The molecule has 0 aliphatic heterocycles. The van der Waals surface area contributed by atoms with E-state index in [0.29, 0.717) is 6.54 Å². The van der Waals surface area contributed by atoms with Crippen molar-refractivity contribution in [2.45, 2.75) is 13.0 Å². The molecule has 0 amide bonds. The van der Waals surface area contributed by atoms with Gasteiger partial charge in [-0.3, -0.25) is 4.99 Å². The van der Waals surface area contributed by atoms with Gasteiger partial charge in [-0.05, 0) is 53.9 Å². The summed E-state index contributed by atoms with van der Waals surface area (Å²) in [5, 5.41) is 11.9. The van der Waals surface area contributed by atoms with E-state index in [-0.39, 0.29) is 5.82 Å². The number of rotatable bonds is 6. The average molecular weight is 390 g/mol. The Bertz CT molecular complexity index is 1100. The van der Waals surface area contributed by atoms with Crippen LogP contribution in [0.15, 0.2) is 72.1 Å². The molecule has 6 nitrogen and oxygen atoms in total. The highest BCUT2D eigenvalue weighted by atomic mass is 19.1. The molecular formula is C22H23FN6. The molecule has 0 atom stereocenters. The summed E-state index contributed by atoms with van der Waals surface area (Å²) in [7, 11) is 1.75. The number of hydrogen-bond acceptors (Lipinski definition) is 2. The van der Waals surface area contributed by atoms with E-state index in [0.717, 1.165) is 46.6 Å². The van der Waals surface area contributed by atoms with Gasteiger partial charge in [0, 0.05) is 49.6 Å². The van der Waals surface area contributed by atoms with E-state index in [4.69, 9.17) is 0 Å². The quantitative estimate of drug-likeness (QED) is 0.349. The van der Waals surface area contributed by atoms with Crippen LogP contribution in [0.2, 0.25) is 0 Å². The number of halogens is 1. The zero-order chi connectivity index (χ0) is 20.1. The number of H-pyrrole nitrogens is 1. The minimum absolute atomic E-state index is 0.230. The van der Waals surface area contributed by atoms with Crippen molar-refractivity contribution in [3.8, 4) is 5.69 Å². The third-order valence-corrected chi connectivity index (χ3v) is 4.81. The van der Waals surface area contributed by atoms with Crippen LogP contribution in [0.4, 0.5) is 4.39 Å². The first kappa shape index (κ1) is 18.7. The van der Waals surface area contributed by atoms with Gasteiger partial charge in [0.1, 0.15) is 5.82 Å². The van der Waals surface area contributed by atoms with Gasteiger partial charge in [0.25, 0.3) is 0 Å². The number of aromatic amines is 1. The van der Waals surface area contributed by atoms with Crippen LogP contribution in [0.25, 0.3) is 16.6 Å². The minimum atomic E-state index is -0.230. The SMILES string of the molecule is CN=C(NCCc1c[nH]c2cc(F)ccc12)NCc1ccc(-n2cccn2)cc1. The van der Waals surface area contributed by atoms with Gasteiger partial charge in [0.2, 0.25) is 0 Å². The van der Waals surface area contributed by atoms with E-state index < -0.39 is 0 Å². The van der Waals surface area contributed by atoms with Crippen molar-refractivity contribution in [2.75, 3.05) is 13.6 Å². The number of aliphatic imine (C=N–C) groups is 1. The Morgan fingerprint density at radius 1 is 1.17 bits per heavy atom. The zero-order valence-corrected chi connectivity index (χ0v) is 16.2. The van der Waals surface area contributed by atoms with Gasteiger partial charge in [-0.15, -0.1) is 0 Å². The first-order valence-electron chi connectivity index (χ1n) is 9.52. The van der Waals surface area contributed by atoms with Crippen LogP contribution in [-0.4, -0.2) is 34.3 Å². The molecule has 4 aromatic rings. The van der Waals surface area contributed by atoms with E-state index >= 15 is 0 Å². The molecule has 0 radical (unpaired) electrons. The predicted molar refractivity (Wildman–Crippen MR) is 114 cm³/mol. The summed E-state index contributed by atoms with van der Waals surface area (Å²) < 4.78 is 15.1. The molecule has 0 unspecified atom stereocenters. The maximum absolute atomic E-state index is 13.3. The highest BCUT2D eigenvalue weighted by Gasteiger charge is 2.05. The number of hydrogen-bond donors (Lipinski definition) is 3. The Balaban J connectivity index is 1.28. The molecule has 3 N–H and O–H groups in total. The molecule has 148 valence electrons. The summed E-state index contributed by atoms with van der Waals surface area (Å²) in [6.07, 6.45) is 6.43. The van der Waals surface area contributed by atoms with E-state index in [1.165, 1.54) is 12.1 Å². The third kappa shape index (κ3) is 4.45. The summed E-state index contributed by atoms with van der Waals surface area (Å²) >= 11 is 0. The van der Waals surface area contributed by atoms with Crippen LogP contribution in [0.1, 0.15) is 11.1 Å². The monoisotopic (exact) mass is 390 g/mol. The first-order valence-corrected chi connectivity index (χ1v) is 9.52. The standard InChI is InChI=1S/C22H23FN6/c1-24-22(25-11-9-17-15-26-21-13-18(23)5-8-20(17)21)27-14-16-3-6-19(7-4-16)29-12-2-10-28-29/h2-8,10,12-13,15,26H,9,11,14H2,1H3,(H2,24,25,27). The number of aromatic nitrogens is 3. The van der Waals surface area contributed by atoms with Gasteiger partial charge in [0.05, 0.1) is 5.69 Å². The fourth-order valence-electron chi connectivity index (χ4n) is 3.28. The predicted octanol–water partition coefficient (Wildman–Crippen LogP) is 3.40. The van der Waals surface area contributed by atoms with Crippen LogP contribution < -0.4 is 10.6 Å². The molecule has 0 fully saturated rings. The van der Waals surface area contributed by atoms with Gasteiger partial charge < -0.3 is 15.6 Å². The molecule has 0 aliphatic carbocycles. The molecule has 0 aliphatic rings. The average Bonchev–Trinajstić information content (AvgIpc) is 3.41. The second-order valence-corrected chi connectivity index (χ2v) is 6.72. The molecule has 29 heavy (non-hydrogen) atoms. The Labute approximate surface area is 168 Å². The first-order chi connectivity index (χ1) is 14.2. The second kappa shape index (κ2) is 8.60. The fourth-order valence-corrected chi connectivity index (χ4v) is 3.28. The highest BCUT2D eigenvalue weighted by molar-refractivity contribution is 5.83. The molecular weight excluding hydrogens is 367 g/mol. The van der Waals surface area contributed by atoms with Crippen molar-refractivity contribution in [3.05, 3.63) is 84.1 Å². The van der Waals surface area contributed by atoms with Gasteiger partial charge in [-0.25, -0.2) is 9.07 Å². The lowest BCUT2D eigenvalue weighted by atomic mass is 10.1. The number of guanidine groups is 1. The molecule has 0 bridgehead atoms. The van der Waals surface area contributed by atoms with E-state index in [1.54, 1.807) is 13.2 Å².